The molecule has 0 amide bonds. The van der Waals surface area contributed by atoms with Crippen molar-refractivity contribution >= 4 is 22.8 Å². The van der Waals surface area contributed by atoms with Crippen LogP contribution in [0.4, 0.5) is 0 Å². The maximum Gasteiger partial charge on any atom is 0.146 e. The van der Waals surface area contributed by atoms with Crippen molar-refractivity contribution in [3.63, 3.8) is 0 Å². The molecule has 3 aromatic rings. The Kier molecular flexibility index (Phi) is 5.43. The Morgan fingerprint density at radius 1 is 1.20 bits per heavy atom. The van der Waals surface area contributed by atoms with Gasteiger partial charge in [0.25, 0.3) is 0 Å². The van der Waals surface area contributed by atoms with Crippen molar-refractivity contribution in [3.8, 4) is 11.4 Å². The summed E-state index contributed by atoms with van der Waals surface area (Å²) < 4.78 is 0. The normalized spacial score (nSPS) is 11.1. The van der Waals surface area contributed by atoms with Gasteiger partial charge in [-0.25, -0.2) is 0 Å². The van der Waals surface area contributed by atoms with Gasteiger partial charge in [0.15, 0.2) is 0 Å². The molecule has 130 valence electrons. The highest BCUT2D eigenvalue weighted by Gasteiger charge is 2.13. The van der Waals surface area contributed by atoms with Crippen LogP contribution in [0, 0.1) is 6.92 Å². The fourth-order valence-corrected chi connectivity index (χ4v) is 3.46. The number of rotatable bonds is 7. The zero-order chi connectivity index (χ0) is 17.8. The molecule has 0 aliphatic rings. The van der Waals surface area contributed by atoms with Crippen LogP contribution in [0.5, 0.6) is 5.75 Å². The average Bonchev–Trinajstić information content (AvgIpc) is 3.03. The Balaban J connectivity index is 2.00. The first kappa shape index (κ1) is 17.5. The van der Waals surface area contributed by atoms with Crippen LogP contribution >= 0.6 is 11.8 Å². The highest BCUT2D eigenvalue weighted by molar-refractivity contribution is 7.99. The quantitative estimate of drug-likeness (QED) is 0.477. The predicted molar refractivity (Wildman–Crippen MR) is 105 cm³/mol. The summed E-state index contributed by atoms with van der Waals surface area (Å²) in [4.78, 5) is 2.68. The Morgan fingerprint density at radius 3 is 2.76 bits per heavy atom. The molecular formula is C20H23N3OS. The van der Waals surface area contributed by atoms with Crippen LogP contribution in [-0.4, -0.2) is 25.9 Å². The first-order chi connectivity index (χ1) is 12.1. The number of aromatic nitrogens is 3. The molecule has 0 fully saturated rings. The van der Waals surface area contributed by atoms with E-state index in [-0.39, 0.29) is 5.75 Å². The van der Waals surface area contributed by atoms with Gasteiger partial charge in [0, 0.05) is 10.6 Å². The topological polar surface area (TPSA) is 50.9 Å². The number of aryl methyl sites for hydroxylation is 2. The number of phenols is 1. The molecule has 0 spiro atoms. The first-order valence-electron chi connectivity index (χ1n) is 8.56. The van der Waals surface area contributed by atoms with Crippen LogP contribution < -0.4 is 0 Å². The van der Waals surface area contributed by atoms with Gasteiger partial charge in [-0.2, -0.15) is 0 Å². The second-order valence-electron chi connectivity index (χ2n) is 6.13. The zero-order valence-corrected chi connectivity index (χ0v) is 15.5. The lowest BCUT2D eigenvalue weighted by atomic mass is 10.0. The second kappa shape index (κ2) is 7.74. The summed E-state index contributed by atoms with van der Waals surface area (Å²) in [6.45, 7) is 7.93. The minimum absolute atomic E-state index is 0.278. The molecule has 3 rings (SSSR count). The van der Waals surface area contributed by atoms with Gasteiger partial charge in [0.2, 0.25) is 0 Å². The third-order valence-corrected chi connectivity index (χ3v) is 5.04. The lowest BCUT2D eigenvalue weighted by Gasteiger charge is -2.10. The number of benzene rings is 2. The molecule has 1 heterocycles. The van der Waals surface area contributed by atoms with Crippen molar-refractivity contribution in [2.24, 2.45) is 0 Å². The number of aromatic hydroxyl groups is 1. The first-order valence-corrected chi connectivity index (χ1v) is 9.54. The summed E-state index contributed by atoms with van der Waals surface area (Å²) in [5, 5.41) is 19.8. The number of fused-ring (bicyclic) bond motifs is 1. The summed E-state index contributed by atoms with van der Waals surface area (Å²) in [6.07, 6.45) is 4.89. The van der Waals surface area contributed by atoms with E-state index in [1.165, 1.54) is 0 Å². The molecule has 0 aliphatic heterocycles. The molecule has 0 saturated heterocycles. The van der Waals surface area contributed by atoms with E-state index >= 15 is 0 Å². The molecule has 4 nitrogen and oxygen atoms in total. The van der Waals surface area contributed by atoms with Crippen LogP contribution in [0.25, 0.3) is 16.7 Å². The third-order valence-electron chi connectivity index (χ3n) is 4.05. The predicted octanol–water partition coefficient (Wildman–Crippen LogP) is 5.06. The molecule has 0 aliphatic carbocycles. The van der Waals surface area contributed by atoms with E-state index in [0.717, 1.165) is 52.1 Å². The fraction of sp³-hybridized carbons (Fsp3) is 0.300. The van der Waals surface area contributed by atoms with Crippen LogP contribution in [0.2, 0.25) is 0 Å². The van der Waals surface area contributed by atoms with Crippen molar-refractivity contribution in [2.75, 3.05) is 5.75 Å². The van der Waals surface area contributed by atoms with Crippen molar-refractivity contribution in [3.05, 3.63) is 54.1 Å². The minimum atomic E-state index is 0.278. The summed E-state index contributed by atoms with van der Waals surface area (Å²) in [7, 11) is 0. The van der Waals surface area contributed by atoms with Gasteiger partial charge in [-0.1, -0.05) is 25.5 Å². The molecule has 5 heteroatoms. The Bertz CT molecular complexity index is 901. The molecule has 2 aromatic carbocycles. The van der Waals surface area contributed by atoms with Gasteiger partial charge in [-0.15, -0.1) is 33.3 Å². The van der Waals surface area contributed by atoms with Crippen LogP contribution in [0.1, 0.15) is 30.9 Å². The molecule has 0 radical (unpaired) electrons. The van der Waals surface area contributed by atoms with Crippen molar-refractivity contribution in [1.29, 1.82) is 0 Å². The van der Waals surface area contributed by atoms with Crippen molar-refractivity contribution < 1.29 is 5.11 Å². The maximum atomic E-state index is 10.7. The van der Waals surface area contributed by atoms with Gasteiger partial charge in [0.05, 0.1) is 0 Å². The smallest absolute Gasteiger partial charge is 0.146 e. The number of hydrogen-bond donors (Lipinski definition) is 1. The van der Waals surface area contributed by atoms with E-state index in [0.29, 0.717) is 5.69 Å². The van der Waals surface area contributed by atoms with Crippen LogP contribution in [0.3, 0.4) is 0 Å². The molecule has 25 heavy (non-hydrogen) atoms. The standard InChI is InChI=1S/C20H23N3OS/c1-4-6-7-15-11-14(3)12-19(20(15)24)23-21-17-9-8-16(25-10-5-2)13-18(17)22-23/h5,8-9,11-13,24H,2,4,6-7,10H2,1,3H3. The fourth-order valence-electron chi connectivity index (χ4n) is 2.79. The molecular weight excluding hydrogens is 330 g/mol. The number of hydrogen-bond acceptors (Lipinski definition) is 4. The van der Waals surface area contributed by atoms with Gasteiger partial charge in [-0.3, -0.25) is 0 Å². The van der Waals surface area contributed by atoms with E-state index in [4.69, 9.17) is 0 Å². The van der Waals surface area contributed by atoms with E-state index in [1.807, 2.05) is 43.3 Å². The average molecular weight is 353 g/mol. The SMILES string of the molecule is C=CCSc1ccc2nn(-c3cc(C)cc(CCCC)c3O)nc2c1. The molecule has 1 N–H and O–H groups in total. The summed E-state index contributed by atoms with van der Waals surface area (Å²) in [5.41, 5.74) is 4.34. The molecule has 1 aromatic heterocycles. The highest BCUT2D eigenvalue weighted by atomic mass is 32.2. The van der Waals surface area contributed by atoms with Crippen LogP contribution in [-0.2, 0) is 6.42 Å². The van der Waals surface area contributed by atoms with Gasteiger partial charge >= 0.3 is 0 Å². The number of unbranched alkanes of at least 4 members (excludes halogenated alkanes) is 1. The molecule has 0 saturated carbocycles. The van der Waals surface area contributed by atoms with E-state index < -0.39 is 0 Å². The number of nitrogens with zero attached hydrogens (tertiary/aromatic N) is 3. The Hall–Kier alpha value is -2.27. The van der Waals surface area contributed by atoms with Crippen LogP contribution in [0.15, 0.2) is 47.9 Å². The second-order valence-corrected chi connectivity index (χ2v) is 7.23. The van der Waals surface area contributed by atoms with E-state index in [1.54, 1.807) is 16.6 Å². The third kappa shape index (κ3) is 3.87. The monoisotopic (exact) mass is 353 g/mol. The zero-order valence-electron chi connectivity index (χ0n) is 14.7. The summed E-state index contributed by atoms with van der Waals surface area (Å²) in [5.74, 6) is 1.14. The van der Waals surface area contributed by atoms with Gasteiger partial charge in [-0.05, 0) is 55.2 Å². The number of thioether (sulfide) groups is 1. The van der Waals surface area contributed by atoms with Crippen molar-refractivity contribution in [2.45, 2.75) is 38.0 Å². The molecule has 0 bridgehead atoms. The van der Waals surface area contributed by atoms with Gasteiger partial charge in [0.1, 0.15) is 22.5 Å². The largest absolute Gasteiger partial charge is 0.505 e. The van der Waals surface area contributed by atoms with Gasteiger partial charge < -0.3 is 5.11 Å². The molecule has 0 atom stereocenters. The molecule has 0 unspecified atom stereocenters. The summed E-state index contributed by atoms with van der Waals surface area (Å²) in [6, 6.07) is 10.0. The van der Waals surface area contributed by atoms with E-state index in [9.17, 15) is 5.11 Å². The summed E-state index contributed by atoms with van der Waals surface area (Å²) >= 11 is 1.71. The van der Waals surface area contributed by atoms with Crippen molar-refractivity contribution in [1.82, 2.24) is 15.0 Å². The lowest BCUT2D eigenvalue weighted by molar-refractivity contribution is 0.459. The van der Waals surface area contributed by atoms with E-state index in [2.05, 4.69) is 23.7 Å². The maximum absolute atomic E-state index is 10.7. The highest BCUT2D eigenvalue weighted by Crippen LogP contribution is 2.30. The lowest BCUT2D eigenvalue weighted by Crippen LogP contribution is -2.02. The number of phenolic OH excluding ortho intramolecular Hbond substituents is 1. The Labute approximate surface area is 152 Å². The minimum Gasteiger partial charge on any atom is -0.505 e. The Morgan fingerprint density at radius 2 is 2.00 bits per heavy atom.